The maximum atomic E-state index is 11.1. The number of carbonyl (C=O) groups is 1. The number of rotatable bonds is 8. The van der Waals surface area contributed by atoms with E-state index in [4.69, 9.17) is 4.74 Å². The lowest BCUT2D eigenvalue weighted by Gasteiger charge is -2.11. The van der Waals surface area contributed by atoms with Gasteiger partial charge in [-0.15, -0.1) is 0 Å². The van der Waals surface area contributed by atoms with Gasteiger partial charge in [-0.05, 0) is 49.2 Å². The molecule has 7 heteroatoms. The molecule has 0 bridgehead atoms. The number of carbonyl (C=O) groups excluding carboxylic acids is 1. The Kier molecular flexibility index (Phi) is 6.63. The van der Waals surface area contributed by atoms with Crippen molar-refractivity contribution >= 4 is 29.0 Å². The second kappa shape index (κ2) is 9.54. The molecule has 0 aliphatic carbocycles. The first-order chi connectivity index (χ1) is 14.0. The molecule has 7 nitrogen and oxygen atoms in total. The van der Waals surface area contributed by atoms with Crippen molar-refractivity contribution in [2.45, 2.75) is 20.3 Å². The molecule has 1 amide bonds. The fourth-order valence-corrected chi connectivity index (χ4v) is 2.92. The van der Waals surface area contributed by atoms with Crippen molar-refractivity contribution in [1.82, 2.24) is 9.97 Å². The molecule has 0 atom stereocenters. The van der Waals surface area contributed by atoms with Crippen LogP contribution in [0.1, 0.15) is 18.2 Å². The minimum Gasteiger partial charge on any atom is -0.496 e. The molecule has 0 spiro atoms. The van der Waals surface area contributed by atoms with E-state index in [2.05, 4.69) is 32.0 Å². The topological polar surface area (TPSA) is 88.2 Å². The summed E-state index contributed by atoms with van der Waals surface area (Å²) in [5.41, 5.74) is 3.61. The summed E-state index contributed by atoms with van der Waals surface area (Å²) in [6, 6.07) is 17.3. The number of anilines is 4. The van der Waals surface area contributed by atoms with Crippen molar-refractivity contribution in [3.05, 3.63) is 65.9 Å². The molecule has 3 rings (SSSR count). The number of methoxy groups -OCH3 is 1. The average molecular weight is 391 g/mol. The molecule has 3 aromatic rings. The molecule has 3 N–H and O–H groups in total. The van der Waals surface area contributed by atoms with Gasteiger partial charge in [-0.3, -0.25) is 4.79 Å². The molecule has 1 aromatic heterocycles. The smallest absolute Gasteiger partial charge is 0.224 e. The Morgan fingerprint density at radius 2 is 1.76 bits per heavy atom. The molecule has 29 heavy (non-hydrogen) atoms. The van der Waals surface area contributed by atoms with Crippen LogP contribution in [0, 0.1) is 6.92 Å². The van der Waals surface area contributed by atoms with Gasteiger partial charge < -0.3 is 20.7 Å². The summed E-state index contributed by atoms with van der Waals surface area (Å²) < 4.78 is 5.39. The summed E-state index contributed by atoms with van der Waals surface area (Å²) >= 11 is 0. The van der Waals surface area contributed by atoms with Crippen LogP contribution in [0.2, 0.25) is 0 Å². The summed E-state index contributed by atoms with van der Waals surface area (Å²) in [4.78, 5) is 20.1. The van der Waals surface area contributed by atoms with Crippen LogP contribution in [0.4, 0.5) is 23.1 Å². The Bertz CT molecular complexity index is 973. The van der Waals surface area contributed by atoms with Crippen LogP contribution in [0.5, 0.6) is 5.75 Å². The van der Waals surface area contributed by atoms with E-state index in [9.17, 15) is 4.79 Å². The van der Waals surface area contributed by atoms with Gasteiger partial charge in [0.25, 0.3) is 0 Å². The number of hydrogen-bond acceptors (Lipinski definition) is 6. The molecule has 0 radical (unpaired) electrons. The molecular weight excluding hydrogens is 366 g/mol. The predicted molar refractivity (Wildman–Crippen MR) is 116 cm³/mol. The predicted octanol–water partition coefficient (Wildman–Crippen LogP) is 4.15. The molecule has 0 saturated heterocycles. The number of amides is 1. The number of para-hydroxylation sites is 1. The van der Waals surface area contributed by atoms with E-state index in [0.717, 1.165) is 34.8 Å². The Morgan fingerprint density at radius 3 is 2.48 bits per heavy atom. The first-order valence-corrected chi connectivity index (χ1v) is 9.39. The largest absolute Gasteiger partial charge is 0.496 e. The zero-order chi connectivity index (χ0) is 20.6. The molecule has 2 aromatic carbocycles. The van der Waals surface area contributed by atoms with Crippen molar-refractivity contribution in [3.8, 4) is 5.75 Å². The molecule has 150 valence electrons. The second-order valence-corrected chi connectivity index (χ2v) is 6.59. The van der Waals surface area contributed by atoms with Crippen LogP contribution >= 0.6 is 0 Å². The summed E-state index contributed by atoms with van der Waals surface area (Å²) in [5, 5.41) is 9.29. The van der Waals surface area contributed by atoms with E-state index in [1.165, 1.54) is 6.92 Å². The van der Waals surface area contributed by atoms with Crippen molar-refractivity contribution in [1.29, 1.82) is 0 Å². The van der Waals surface area contributed by atoms with Crippen LogP contribution in [0.3, 0.4) is 0 Å². The Balaban J connectivity index is 1.62. The molecule has 0 aliphatic rings. The lowest BCUT2D eigenvalue weighted by molar-refractivity contribution is -0.114. The minimum atomic E-state index is -0.0963. The van der Waals surface area contributed by atoms with Crippen LogP contribution in [0.25, 0.3) is 0 Å². The third kappa shape index (κ3) is 5.93. The Labute approximate surface area is 170 Å². The quantitative estimate of drug-likeness (QED) is 0.535. The zero-order valence-corrected chi connectivity index (χ0v) is 16.8. The van der Waals surface area contributed by atoms with Gasteiger partial charge in [-0.25, -0.2) is 4.98 Å². The van der Waals surface area contributed by atoms with Crippen LogP contribution in [-0.2, 0) is 11.2 Å². The van der Waals surface area contributed by atoms with E-state index in [-0.39, 0.29) is 5.91 Å². The normalized spacial score (nSPS) is 10.3. The molecule has 0 unspecified atom stereocenters. The summed E-state index contributed by atoms with van der Waals surface area (Å²) in [7, 11) is 1.68. The van der Waals surface area contributed by atoms with Crippen LogP contribution < -0.4 is 20.7 Å². The van der Waals surface area contributed by atoms with E-state index in [0.29, 0.717) is 18.3 Å². The van der Waals surface area contributed by atoms with Gasteiger partial charge in [0.15, 0.2) is 0 Å². The summed E-state index contributed by atoms with van der Waals surface area (Å²) in [6.45, 7) is 4.10. The maximum Gasteiger partial charge on any atom is 0.224 e. The third-order valence-corrected chi connectivity index (χ3v) is 4.20. The number of nitrogens with zero attached hydrogens (tertiary/aromatic N) is 2. The van der Waals surface area contributed by atoms with Gasteiger partial charge in [-0.1, -0.05) is 18.2 Å². The first-order valence-electron chi connectivity index (χ1n) is 9.39. The van der Waals surface area contributed by atoms with Gasteiger partial charge in [0.05, 0.1) is 7.11 Å². The Hall–Kier alpha value is -3.61. The average Bonchev–Trinajstić information content (AvgIpc) is 2.69. The van der Waals surface area contributed by atoms with Gasteiger partial charge in [-0.2, -0.15) is 4.98 Å². The summed E-state index contributed by atoms with van der Waals surface area (Å²) in [5.74, 6) is 2.05. The fraction of sp³-hybridized carbons (Fsp3) is 0.227. The van der Waals surface area contributed by atoms with E-state index >= 15 is 0 Å². The summed E-state index contributed by atoms with van der Waals surface area (Å²) in [6.07, 6.45) is 0.800. The van der Waals surface area contributed by atoms with Crippen molar-refractivity contribution < 1.29 is 9.53 Å². The third-order valence-electron chi connectivity index (χ3n) is 4.20. The van der Waals surface area contributed by atoms with Gasteiger partial charge >= 0.3 is 0 Å². The number of aromatic nitrogens is 2. The van der Waals surface area contributed by atoms with Crippen LogP contribution in [0.15, 0.2) is 54.6 Å². The maximum absolute atomic E-state index is 11.1. The number of ether oxygens (including phenoxy) is 1. The molecule has 0 aliphatic heterocycles. The number of benzene rings is 2. The van der Waals surface area contributed by atoms with Crippen molar-refractivity contribution in [2.75, 3.05) is 29.6 Å². The Morgan fingerprint density at radius 1 is 1.03 bits per heavy atom. The SMILES string of the molecule is COc1ccccc1CCNc1nc(C)cc(Nc2ccc(NC(C)=O)cc2)n1. The number of hydrogen-bond donors (Lipinski definition) is 3. The minimum absolute atomic E-state index is 0.0963. The second-order valence-electron chi connectivity index (χ2n) is 6.59. The van der Waals surface area contributed by atoms with Gasteiger partial charge in [0.1, 0.15) is 11.6 Å². The lowest BCUT2D eigenvalue weighted by atomic mass is 10.1. The lowest BCUT2D eigenvalue weighted by Crippen LogP contribution is -2.10. The van der Waals surface area contributed by atoms with Crippen LogP contribution in [-0.4, -0.2) is 29.5 Å². The molecule has 0 fully saturated rings. The highest BCUT2D eigenvalue weighted by Gasteiger charge is 2.05. The highest BCUT2D eigenvalue weighted by Crippen LogP contribution is 2.20. The van der Waals surface area contributed by atoms with Crippen molar-refractivity contribution in [2.24, 2.45) is 0 Å². The van der Waals surface area contributed by atoms with E-state index in [1.807, 2.05) is 55.5 Å². The van der Waals surface area contributed by atoms with Gasteiger partial charge in [0, 0.05) is 36.6 Å². The molecular formula is C22H25N5O2. The number of nitrogens with one attached hydrogen (secondary N) is 3. The highest BCUT2D eigenvalue weighted by molar-refractivity contribution is 5.88. The molecule has 0 saturated carbocycles. The fourth-order valence-electron chi connectivity index (χ4n) is 2.92. The van der Waals surface area contributed by atoms with E-state index in [1.54, 1.807) is 7.11 Å². The van der Waals surface area contributed by atoms with Gasteiger partial charge in [0.2, 0.25) is 11.9 Å². The monoisotopic (exact) mass is 391 g/mol. The molecule has 1 heterocycles. The highest BCUT2D eigenvalue weighted by atomic mass is 16.5. The standard InChI is InChI=1S/C22H25N5O2/c1-15-14-21(26-19-10-8-18(9-11-19)25-16(2)28)27-22(24-15)23-13-12-17-6-4-5-7-20(17)29-3/h4-11,14H,12-13H2,1-3H3,(H,25,28)(H2,23,24,26,27). The zero-order valence-electron chi connectivity index (χ0n) is 16.8. The van der Waals surface area contributed by atoms with E-state index < -0.39 is 0 Å². The van der Waals surface area contributed by atoms with Crippen molar-refractivity contribution in [3.63, 3.8) is 0 Å². The first kappa shape index (κ1) is 20.1. The number of aryl methyl sites for hydroxylation is 1.